The van der Waals surface area contributed by atoms with Crippen molar-refractivity contribution in [1.82, 2.24) is 0 Å². The quantitative estimate of drug-likeness (QED) is 0.386. The molecule has 10 heavy (non-hydrogen) atoms. The van der Waals surface area contributed by atoms with Crippen LogP contribution in [0, 0.1) is 6.07 Å². The molecule has 1 aromatic carbocycles. The second-order valence-corrected chi connectivity index (χ2v) is 2.49. The van der Waals surface area contributed by atoms with E-state index >= 15 is 0 Å². The largest absolute Gasteiger partial charge is 1.00 e. The molecule has 0 amide bonds. The van der Waals surface area contributed by atoms with Crippen LogP contribution in [0.25, 0.3) is 0 Å². The van der Waals surface area contributed by atoms with Crippen LogP contribution >= 0.6 is 0 Å². The molecule has 48 valence electrons. The normalized spacial score (nSPS) is 9.10. The molecule has 0 atom stereocenters. The molecule has 0 aliphatic rings. The molecular formula is C9H11K. The molecule has 0 unspecified atom stereocenters. The van der Waals surface area contributed by atoms with Crippen molar-refractivity contribution in [3.63, 3.8) is 0 Å². The van der Waals surface area contributed by atoms with Gasteiger partial charge < -0.3 is 0 Å². The summed E-state index contributed by atoms with van der Waals surface area (Å²) in [7, 11) is 0. The fourth-order valence-electron chi connectivity index (χ4n) is 0.785. The molecule has 0 fully saturated rings. The Balaban J connectivity index is 0.000000810. The molecule has 0 saturated heterocycles. The Labute approximate surface area is 105 Å². The van der Waals surface area contributed by atoms with Crippen molar-refractivity contribution in [3.8, 4) is 0 Å². The van der Waals surface area contributed by atoms with Gasteiger partial charge in [0.05, 0.1) is 0 Å². The summed E-state index contributed by atoms with van der Waals surface area (Å²) >= 11 is 0. The van der Waals surface area contributed by atoms with Gasteiger partial charge in [0.25, 0.3) is 0 Å². The molecule has 1 aromatic rings. The molecule has 0 aliphatic carbocycles. The van der Waals surface area contributed by atoms with E-state index in [0.717, 1.165) is 0 Å². The van der Waals surface area contributed by atoms with Gasteiger partial charge in [-0.2, -0.15) is 35.9 Å². The van der Waals surface area contributed by atoms with Crippen molar-refractivity contribution in [2.24, 2.45) is 0 Å². The third-order valence-corrected chi connectivity index (χ3v) is 1.41. The molecule has 0 N–H and O–H groups in total. The number of benzene rings is 1. The van der Waals surface area contributed by atoms with E-state index in [2.05, 4.69) is 32.0 Å². The third kappa shape index (κ3) is 3.31. The van der Waals surface area contributed by atoms with Crippen molar-refractivity contribution >= 4 is 0 Å². The van der Waals surface area contributed by atoms with Gasteiger partial charge in [0.1, 0.15) is 0 Å². The van der Waals surface area contributed by atoms with Gasteiger partial charge in [0, 0.05) is 0 Å². The fourth-order valence-corrected chi connectivity index (χ4v) is 0.785. The van der Waals surface area contributed by atoms with Gasteiger partial charge in [-0.15, -0.1) is 0 Å². The van der Waals surface area contributed by atoms with E-state index in [1.165, 1.54) is 5.56 Å². The van der Waals surface area contributed by atoms with Crippen LogP contribution in [0.15, 0.2) is 24.3 Å². The third-order valence-electron chi connectivity index (χ3n) is 1.41. The Morgan fingerprint density at radius 1 is 1.20 bits per heavy atom. The molecule has 0 aromatic heterocycles. The Hall–Kier alpha value is 0.856. The van der Waals surface area contributed by atoms with Crippen LogP contribution in [0.3, 0.4) is 0 Å². The zero-order chi connectivity index (χ0) is 6.69. The smallest absolute Gasteiger partial charge is 0.184 e. The van der Waals surface area contributed by atoms with Crippen LogP contribution in [0.2, 0.25) is 0 Å². The maximum atomic E-state index is 2.99. The first-order valence-corrected chi connectivity index (χ1v) is 3.26. The van der Waals surface area contributed by atoms with Crippen LogP contribution in [-0.4, -0.2) is 0 Å². The maximum absolute atomic E-state index is 2.99. The predicted molar refractivity (Wildman–Crippen MR) is 39.4 cm³/mol. The van der Waals surface area contributed by atoms with Gasteiger partial charge in [0.15, 0.2) is 0 Å². The van der Waals surface area contributed by atoms with E-state index in [4.69, 9.17) is 0 Å². The van der Waals surface area contributed by atoms with E-state index < -0.39 is 0 Å². The molecule has 0 spiro atoms. The summed E-state index contributed by atoms with van der Waals surface area (Å²) in [5.74, 6) is 0.639. The summed E-state index contributed by atoms with van der Waals surface area (Å²) in [4.78, 5) is 0. The van der Waals surface area contributed by atoms with Gasteiger partial charge >= 0.3 is 51.4 Å². The zero-order valence-electron chi connectivity index (χ0n) is 6.89. The SMILES string of the molecule is CC(C)c1cc[c-]cc1.[K+]. The first-order valence-electron chi connectivity index (χ1n) is 3.26. The second-order valence-electron chi connectivity index (χ2n) is 2.49. The number of rotatable bonds is 1. The summed E-state index contributed by atoms with van der Waals surface area (Å²) in [6.45, 7) is 4.38. The van der Waals surface area contributed by atoms with Gasteiger partial charge in [-0.3, -0.25) is 0 Å². The van der Waals surface area contributed by atoms with Crippen molar-refractivity contribution in [2.45, 2.75) is 19.8 Å². The van der Waals surface area contributed by atoms with E-state index in [1.807, 2.05) is 12.1 Å². The minimum Gasteiger partial charge on any atom is -0.184 e. The van der Waals surface area contributed by atoms with Crippen LogP contribution in [0.4, 0.5) is 0 Å². The van der Waals surface area contributed by atoms with Gasteiger partial charge in [0.2, 0.25) is 0 Å². The van der Waals surface area contributed by atoms with Crippen molar-refractivity contribution in [2.75, 3.05) is 0 Å². The molecule has 0 nitrogen and oxygen atoms in total. The monoisotopic (exact) mass is 158 g/mol. The summed E-state index contributed by atoms with van der Waals surface area (Å²) < 4.78 is 0. The van der Waals surface area contributed by atoms with E-state index in [0.29, 0.717) is 5.92 Å². The first kappa shape index (κ1) is 10.9. The Morgan fingerprint density at radius 3 is 2.00 bits per heavy atom. The molecular weight excluding hydrogens is 147 g/mol. The molecule has 1 heteroatoms. The van der Waals surface area contributed by atoms with Crippen LogP contribution in [-0.2, 0) is 0 Å². The molecule has 0 heterocycles. The zero-order valence-corrected chi connectivity index (χ0v) is 10.0. The van der Waals surface area contributed by atoms with Gasteiger partial charge in [-0.1, -0.05) is 13.8 Å². The molecule has 0 radical (unpaired) electrons. The average Bonchev–Trinajstić information content (AvgIpc) is 1.90. The van der Waals surface area contributed by atoms with Gasteiger partial charge in [-0.05, 0) is 5.92 Å². The van der Waals surface area contributed by atoms with Crippen molar-refractivity contribution in [3.05, 3.63) is 35.9 Å². The van der Waals surface area contributed by atoms with E-state index in [9.17, 15) is 0 Å². The molecule has 0 aliphatic heterocycles. The Morgan fingerprint density at radius 2 is 1.70 bits per heavy atom. The number of hydrogen-bond acceptors (Lipinski definition) is 0. The molecule has 0 bridgehead atoms. The Kier molecular flexibility index (Phi) is 5.97. The van der Waals surface area contributed by atoms with Crippen LogP contribution < -0.4 is 51.4 Å². The van der Waals surface area contributed by atoms with Crippen LogP contribution in [0.1, 0.15) is 25.3 Å². The summed E-state index contributed by atoms with van der Waals surface area (Å²) in [5.41, 5.74) is 1.38. The number of hydrogen-bond donors (Lipinski definition) is 0. The molecule has 0 saturated carbocycles. The minimum atomic E-state index is 0. The first-order chi connectivity index (χ1) is 4.30. The average molecular weight is 158 g/mol. The molecule has 1 rings (SSSR count). The van der Waals surface area contributed by atoms with Crippen LogP contribution in [0.5, 0.6) is 0 Å². The second kappa shape index (κ2) is 5.50. The predicted octanol–water partition coefficient (Wildman–Crippen LogP) is -0.386. The van der Waals surface area contributed by atoms with Gasteiger partial charge in [-0.25, -0.2) is 0 Å². The van der Waals surface area contributed by atoms with E-state index in [1.54, 1.807) is 0 Å². The standard InChI is InChI=1S/C9H11.K/c1-8(2)9-6-4-3-5-7-9;/h4-8H,1-2H3;/q-1;+1. The Bertz CT molecular complexity index is 167. The van der Waals surface area contributed by atoms with Crippen molar-refractivity contribution in [1.29, 1.82) is 0 Å². The maximum Gasteiger partial charge on any atom is 1.00 e. The fraction of sp³-hybridized carbons (Fsp3) is 0.333. The topological polar surface area (TPSA) is 0 Å². The van der Waals surface area contributed by atoms with E-state index in [-0.39, 0.29) is 51.4 Å². The minimum absolute atomic E-state index is 0. The summed E-state index contributed by atoms with van der Waals surface area (Å²) in [6, 6.07) is 11.1. The summed E-state index contributed by atoms with van der Waals surface area (Å²) in [6.07, 6.45) is 0. The summed E-state index contributed by atoms with van der Waals surface area (Å²) in [5, 5.41) is 0. The van der Waals surface area contributed by atoms with Crippen molar-refractivity contribution < 1.29 is 51.4 Å².